The lowest BCUT2D eigenvalue weighted by molar-refractivity contribution is -0.125. The summed E-state index contributed by atoms with van der Waals surface area (Å²) in [6.07, 6.45) is 9.01. The number of amides is 1. The third-order valence-electron chi connectivity index (χ3n) is 3.68. The highest BCUT2D eigenvalue weighted by atomic mass is 32.2. The standard InChI is InChI=1S/C21H22N2O2S/c1-7-9-15-11-16-12-17(10-14(3)18(16)22-13-15)25-20(26-6)19(24)23-21(4,5)8-2/h2,10-13,20H,1,3-6H3,(H,23,24). The number of hydrogen-bond acceptors (Lipinski definition) is 4. The average Bonchev–Trinajstić information content (AvgIpc) is 2.59. The van der Waals surface area contributed by atoms with Gasteiger partial charge in [0, 0.05) is 17.1 Å². The van der Waals surface area contributed by atoms with E-state index < -0.39 is 11.0 Å². The summed E-state index contributed by atoms with van der Waals surface area (Å²) < 4.78 is 5.92. The van der Waals surface area contributed by atoms with Gasteiger partial charge in [0.1, 0.15) is 5.75 Å². The van der Waals surface area contributed by atoms with Crippen LogP contribution in [-0.2, 0) is 4.79 Å². The minimum Gasteiger partial charge on any atom is -0.470 e. The fourth-order valence-electron chi connectivity index (χ4n) is 2.41. The Hall–Kier alpha value is -2.63. The number of aromatic nitrogens is 1. The topological polar surface area (TPSA) is 51.2 Å². The molecular formula is C21H22N2O2S. The first-order valence-corrected chi connectivity index (χ1v) is 9.41. The van der Waals surface area contributed by atoms with Gasteiger partial charge in [0.25, 0.3) is 5.91 Å². The molecule has 134 valence electrons. The lowest BCUT2D eigenvalue weighted by atomic mass is 10.1. The summed E-state index contributed by atoms with van der Waals surface area (Å²) in [7, 11) is 0. The SMILES string of the molecule is C#CC(C)(C)NC(=O)C(Oc1cc(C)c2ncc(C#CC)cc2c1)SC. The molecule has 1 aromatic carbocycles. The number of benzene rings is 1. The molecule has 0 aliphatic rings. The van der Waals surface area contributed by atoms with Gasteiger partial charge < -0.3 is 10.1 Å². The molecule has 0 saturated heterocycles. The minimum absolute atomic E-state index is 0.262. The molecule has 4 nitrogen and oxygen atoms in total. The molecule has 2 aromatic rings. The molecule has 0 bridgehead atoms. The predicted octanol–water partition coefficient (Wildman–Crippen LogP) is 3.51. The van der Waals surface area contributed by atoms with Gasteiger partial charge in [-0.15, -0.1) is 24.1 Å². The number of pyridine rings is 1. The molecule has 0 fully saturated rings. The Morgan fingerprint density at radius 2 is 2.12 bits per heavy atom. The fraction of sp³-hybridized carbons (Fsp3) is 0.333. The van der Waals surface area contributed by atoms with Gasteiger partial charge in [-0.2, -0.15) is 0 Å². The molecule has 0 aliphatic carbocycles. The van der Waals surface area contributed by atoms with E-state index in [0.717, 1.165) is 22.0 Å². The van der Waals surface area contributed by atoms with Crippen molar-refractivity contribution in [3.63, 3.8) is 0 Å². The normalized spacial score (nSPS) is 11.8. The fourth-order valence-corrected chi connectivity index (χ4v) is 2.89. The van der Waals surface area contributed by atoms with E-state index in [1.165, 1.54) is 11.8 Å². The molecule has 1 amide bonds. The molecule has 1 atom stereocenters. The van der Waals surface area contributed by atoms with Gasteiger partial charge in [-0.3, -0.25) is 9.78 Å². The van der Waals surface area contributed by atoms with Gasteiger partial charge in [-0.1, -0.05) is 11.8 Å². The maximum absolute atomic E-state index is 12.5. The van der Waals surface area contributed by atoms with Crippen LogP contribution in [0.5, 0.6) is 5.75 Å². The van der Waals surface area contributed by atoms with Crippen LogP contribution in [0.15, 0.2) is 24.4 Å². The van der Waals surface area contributed by atoms with E-state index in [1.807, 2.05) is 31.4 Å². The third-order valence-corrected chi connectivity index (χ3v) is 4.42. The maximum Gasteiger partial charge on any atom is 0.272 e. The Balaban J connectivity index is 2.31. The van der Waals surface area contributed by atoms with Crippen molar-refractivity contribution >= 4 is 28.6 Å². The lowest BCUT2D eigenvalue weighted by Gasteiger charge is -2.24. The zero-order valence-corrected chi connectivity index (χ0v) is 16.5. The van der Waals surface area contributed by atoms with Crippen LogP contribution in [0.25, 0.3) is 10.9 Å². The number of nitrogens with one attached hydrogen (secondary N) is 1. The molecule has 0 saturated carbocycles. The van der Waals surface area contributed by atoms with Gasteiger partial charge in [0.15, 0.2) is 0 Å². The number of aryl methyl sites for hydroxylation is 1. The van der Waals surface area contributed by atoms with Crippen LogP contribution in [0.2, 0.25) is 0 Å². The van der Waals surface area contributed by atoms with Crippen LogP contribution < -0.4 is 10.1 Å². The number of carbonyl (C=O) groups excluding carboxylic acids is 1. The van der Waals surface area contributed by atoms with Crippen LogP contribution >= 0.6 is 11.8 Å². The van der Waals surface area contributed by atoms with Crippen molar-refractivity contribution in [2.45, 2.75) is 38.7 Å². The van der Waals surface area contributed by atoms with Gasteiger partial charge in [-0.05, 0) is 57.7 Å². The molecule has 1 N–H and O–H groups in total. The second-order valence-electron chi connectivity index (χ2n) is 6.35. The Kier molecular flexibility index (Phi) is 6.18. The Labute approximate surface area is 159 Å². The van der Waals surface area contributed by atoms with Crippen molar-refractivity contribution < 1.29 is 9.53 Å². The Morgan fingerprint density at radius 1 is 1.38 bits per heavy atom. The number of hydrogen-bond donors (Lipinski definition) is 1. The van der Waals surface area contributed by atoms with E-state index in [0.29, 0.717) is 5.75 Å². The van der Waals surface area contributed by atoms with Crippen LogP contribution in [0.3, 0.4) is 0 Å². The quantitative estimate of drug-likeness (QED) is 0.650. The molecular weight excluding hydrogens is 344 g/mol. The number of ether oxygens (including phenoxy) is 1. The highest BCUT2D eigenvalue weighted by Gasteiger charge is 2.25. The minimum atomic E-state index is -0.731. The van der Waals surface area contributed by atoms with E-state index >= 15 is 0 Å². The summed E-state index contributed by atoms with van der Waals surface area (Å²) >= 11 is 1.31. The van der Waals surface area contributed by atoms with E-state index in [1.54, 1.807) is 27.0 Å². The first-order valence-electron chi connectivity index (χ1n) is 8.12. The van der Waals surface area contributed by atoms with Gasteiger partial charge in [-0.25, -0.2) is 0 Å². The molecule has 0 spiro atoms. The Bertz CT molecular complexity index is 933. The summed E-state index contributed by atoms with van der Waals surface area (Å²) in [6.45, 7) is 7.28. The summed E-state index contributed by atoms with van der Waals surface area (Å²) in [5.74, 6) is 8.76. The first kappa shape index (κ1) is 19.7. The predicted molar refractivity (Wildman–Crippen MR) is 108 cm³/mol. The Morgan fingerprint density at radius 3 is 2.73 bits per heavy atom. The molecule has 1 aromatic heterocycles. The number of carbonyl (C=O) groups is 1. The second-order valence-corrected chi connectivity index (χ2v) is 7.25. The molecule has 5 heteroatoms. The number of fused-ring (bicyclic) bond motifs is 1. The maximum atomic E-state index is 12.5. The smallest absolute Gasteiger partial charge is 0.272 e. The number of rotatable bonds is 5. The first-order chi connectivity index (χ1) is 12.3. The zero-order chi connectivity index (χ0) is 19.3. The summed E-state index contributed by atoms with van der Waals surface area (Å²) in [5, 5.41) is 3.72. The zero-order valence-electron chi connectivity index (χ0n) is 15.6. The molecule has 1 heterocycles. The lowest BCUT2D eigenvalue weighted by Crippen LogP contribution is -2.47. The van der Waals surface area contributed by atoms with E-state index in [9.17, 15) is 4.79 Å². The van der Waals surface area contributed by atoms with Crippen LogP contribution in [0, 0.1) is 31.1 Å². The van der Waals surface area contributed by atoms with Crippen LogP contribution in [0.1, 0.15) is 31.9 Å². The van der Waals surface area contributed by atoms with Crippen LogP contribution in [0.4, 0.5) is 0 Å². The van der Waals surface area contributed by atoms with Gasteiger partial charge in [0.05, 0.1) is 11.1 Å². The second kappa shape index (κ2) is 8.17. The van der Waals surface area contributed by atoms with Crippen molar-refractivity contribution in [2.75, 3.05) is 6.26 Å². The van der Waals surface area contributed by atoms with Crippen molar-refractivity contribution in [3.8, 4) is 29.9 Å². The van der Waals surface area contributed by atoms with Crippen molar-refractivity contribution in [3.05, 3.63) is 35.5 Å². The van der Waals surface area contributed by atoms with Gasteiger partial charge in [0.2, 0.25) is 5.44 Å². The molecule has 0 radical (unpaired) electrons. The highest BCUT2D eigenvalue weighted by Crippen LogP contribution is 2.26. The molecule has 2 rings (SSSR count). The summed E-state index contributed by atoms with van der Waals surface area (Å²) in [5.41, 5.74) is 1.26. The third kappa shape index (κ3) is 4.71. The number of terminal acetylenes is 1. The average molecular weight is 366 g/mol. The molecule has 1 unspecified atom stereocenters. The van der Waals surface area contributed by atoms with E-state index in [2.05, 4.69) is 28.1 Å². The van der Waals surface area contributed by atoms with Crippen LogP contribution in [-0.4, -0.2) is 28.1 Å². The van der Waals surface area contributed by atoms with Crippen molar-refractivity contribution in [2.24, 2.45) is 0 Å². The van der Waals surface area contributed by atoms with Crippen molar-refractivity contribution in [1.82, 2.24) is 10.3 Å². The summed E-state index contributed by atoms with van der Waals surface area (Å²) in [6, 6.07) is 5.72. The highest BCUT2D eigenvalue weighted by molar-refractivity contribution is 7.99. The largest absolute Gasteiger partial charge is 0.470 e. The van der Waals surface area contributed by atoms with Gasteiger partial charge >= 0.3 is 0 Å². The van der Waals surface area contributed by atoms with E-state index in [4.69, 9.17) is 11.2 Å². The van der Waals surface area contributed by atoms with Crippen molar-refractivity contribution in [1.29, 1.82) is 0 Å². The monoisotopic (exact) mass is 366 g/mol. The summed E-state index contributed by atoms with van der Waals surface area (Å²) in [4.78, 5) is 16.9. The number of thioether (sulfide) groups is 1. The molecule has 0 aliphatic heterocycles. The van der Waals surface area contributed by atoms with E-state index in [-0.39, 0.29) is 5.91 Å². The molecule has 26 heavy (non-hydrogen) atoms. The number of nitrogens with zero attached hydrogens (tertiary/aromatic N) is 1.